The number of nitrogens with two attached hydrogens (primary N) is 1. The molecule has 108 valence electrons. The number of carbonyl (C=O) groups is 2. The molecule has 0 radical (unpaired) electrons. The standard InChI is InChI=1S/C14H19N3O3/c15-9-14(3-1-4-14)7-12(18)17-8-11-6-10(13(19)20)2-5-16-11/h2,5-6H,1,3-4,7-9,15H2,(H,17,18)(H,19,20). The summed E-state index contributed by atoms with van der Waals surface area (Å²) < 4.78 is 0. The molecule has 0 unspecified atom stereocenters. The Morgan fingerprint density at radius 1 is 1.45 bits per heavy atom. The summed E-state index contributed by atoms with van der Waals surface area (Å²) in [6.45, 7) is 0.772. The normalized spacial score (nSPS) is 16.2. The lowest BCUT2D eigenvalue weighted by molar-refractivity contribution is -0.124. The van der Waals surface area contributed by atoms with Gasteiger partial charge in [0.2, 0.25) is 5.91 Å². The van der Waals surface area contributed by atoms with Crippen LogP contribution in [0.4, 0.5) is 0 Å². The third-order valence-electron chi connectivity index (χ3n) is 3.91. The van der Waals surface area contributed by atoms with E-state index in [0.29, 0.717) is 18.7 Å². The Kier molecular flexibility index (Phi) is 4.34. The van der Waals surface area contributed by atoms with Crippen molar-refractivity contribution in [2.45, 2.75) is 32.2 Å². The fourth-order valence-electron chi connectivity index (χ4n) is 2.43. The number of aromatic carboxylic acids is 1. The highest BCUT2D eigenvalue weighted by atomic mass is 16.4. The molecule has 1 heterocycles. The van der Waals surface area contributed by atoms with Gasteiger partial charge < -0.3 is 16.2 Å². The van der Waals surface area contributed by atoms with Gasteiger partial charge in [-0.05, 0) is 36.9 Å². The molecule has 0 aliphatic heterocycles. The number of hydrogen-bond donors (Lipinski definition) is 3. The van der Waals surface area contributed by atoms with Gasteiger partial charge in [-0.25, -0.2) is 4.79 Å². The molecule has 20 heavy (non-hydrogen) atoms. The van der Waals surface area contributed by atoms with E-state index in [2.05, 4.69) is 10.3 Å². The maximum absolute atomic E-state index is 11.9. The number of rotatable bonds is 6. The summed E-state index contributed by atoms with van der Waals surface area (Å²) in [7, 11) is 0. The molecular weight excluding hydrogens is 258 g/mol. The molecular formula is C14H19N3O3. The van der Waals surface area contributed by atoms with Crippen molar-refractivity contribution >= 4 is 11.9 Å². The number of carboxylic acids is 1. The van der Waals surface area contributed by atoms with Gasteiger partial charge in [-0.3, -0.25) is 9.78 Å². The van der Waals surface area contributed by atoms with Gasteiger partial charge in [0.05, 0.1) is 17.8 Å². The molecule has 4 N–H and O–H groups in total. The number of hydrogen-bond acceptors (Lipinski definition) is 4. The van der Waals surface area contributed by atoms with Gasteiger partial charge in [0.25, 0.3) is 0 Å². The Morgan fingerprint density at radius 2 is 2.20 bits per heavy atom. The van der Waals surface area contributed by atoms with Crippen LogP contribution in [0.2, 0.25) is 0 Å². The van der Waals surface area contributed by atoms with Crippen molar-refractivity contribution in [2.75, 3.05) is 6.54 Å². The Balaban J connectivity index is 1.87. The van der Waals surface area contributed by atoms with E-state index < -0.39 is 5.97 Å². The summed E-state index contributed by atoms with van der Waals surface area (Å²) in [5.74, 6) is -1.06. The zero-order chi connectivity index (χ0) is 14.6. The topological polar surface area (TPSA) is 105 Å². The minimum atomic E-state index is -1.00. The van der Waals surface area contributed by atoms with Gasteiger partial charge in [0.15, 0.2) is 0 Å². The molecule has 0 bridgehead atoms. The van der Waals surface area contributed by atoms with E-state index in [0.717, 1.165) is 19.3 Å². The predicted octanol–water partition coefficient (Wildman–Crippen LogP) is 0.915. The van der Waals surface area contributed by atoms with Crippen LogP contribution in [0.5, 0.6) is 0 Å². The number of carbonyl (C=O) groups excluding carboxylic acids is 1. The summed E-state index contributed by atoms with van der Waals surface area (Å²) in [5.41, 5.74) is 6.40. The molecule has 0 saturated heterocycles. The molecule has 1 aliphatic rings. The van der Waals surface area contributed by atoms with Gasteiger partial charge in [-0.15, -0.1) is 0 Å². The van der Waals surface area contributed by atoms with E-state index in [1.54, 1.807) is 0 Å². The average molecular weight is 277 g/mol. The zero-order valence-corrected chi connectivity index (χ0v) is 11.3. The number of nitrogens with one attached hydrogen (secondary N) is 1. The van der Waals surface area contributed by atoms with E-state index in [4.69, 9.17) is 10.8 Å². The van der Waals surface area contributed by atoms with Crippen molar-refractivity contribution < 1.29 is 14.7 Å². The van der Waals surface area contributed by atoms with Crippen LogP contribution in [-0.4, -0.2) is 28.5 Å². The molecule has 0 atom stereocenters. The Bertz CT molecular complexity index is 507. The molecule has 2 rings (SSSR count). The smallest absolute Gasteiger partial charge is 0.335 e. The molecule has 6 nitrogen and oxygen atoms in total. The highest BCUT2D eigenvalue weighted by molar-refractivity contribution is 5.87. The molecule has 1 aromatic heterocycles. The van der Waals surface area contributed by atoms with Crippen molar-refractivity contribution in [3.05, 3.63) is 29.6 Å². The first-order valence-corrected chi connectivity index (χ1v) is 6.70. The van der Waals surface area contributed by atoms with Crippen LogP contribution >= 0.6 is 0 Å². The van der Waals surface area contributed by atoms with Crippen LogP contribution in [0.3, 0.4) is 0 Å². The van der Waals surface area contributed by atoms with E-state index >= 15 is 0 Å². The Labute approximate surface area is 117 Å². The summed E-state index contributed by atoms with van der Waals surface area (Å²) in [6, 6.07) is 2.89. The van der Waals surface area contributed by atoms with Gasteiger partial charge in [-0.1, -0.05) is 6.42 Å². The SMILES string of the molecule is NCC1(CC(=O)NCc2cc(C(=O)O)ccn2)CCC1. The lowest BCUT2D eigenvalue weighted by Crippen LogP contribution is -2.41. The third-order valence-corrected chi connectivity index (χ3v) is 3.91. The van der Waals surface area contributed by atoms with Crippen molar-refractivity contribution in [3.63, 3.8) is 0 Å². The van der Waals surface area contributed by atoms with Crippen molar-refractivity contribution in [3.8, 4) is 0 Å². The number of carboxylic acid groups (broad SMARTS) is 1. The molecule has 1 fully saturated rings. The number of aromatic nitrogens is 1. The highest BCUT2D eigenvalue weighted by Gasteiger charge is 2.37. The quantitative estimate of drug-likeness (QED) is 0.717. The maximum Gasteiger partial charge on any atom is 0.335 e. The molecule has 6 heteroatoms. The minimum Gasteiger partial charge on any atom is -0.478 e. The second-order valence-electron chi connectivity index (χ2n) is 5.35. The average Bonchev–Trinajstić information content (AvgIpc) is 2.41. The van der Waals surface area contributed by atoms with Crippen molar-refractivity contribution in [1.82, 2.24) is 10.3 Å². The molecule has 1 aliphatic carbocycles. The van der Waals surface area contributed by atoms with Crippen LogP contribution in [0, 0.1) is 5.41 Å². The second kappa shape index (κ2) is 6.00. The summed E-state index contributed by atoms with van der Waals surface area (Å²) in [5, 5.41) is 11.7. The monoisotopic (exact) mass is 277 g/mol. The maximum atomic E-state index is 11.9. The number of pyridine rings is 1. The second-order valence-corrected chi connectivity index (χ2v) is 5.35. The fraction of sp³-hybridized carbons (Fsp3) is 0.500. The van der Waals surface area contributed by atoms with Crippen LogP contribution in [0.1, 0.15) is 41.7 Å². The van der Waals surface area contributed by atoms with Crippen LogP contribution in [0.15, 0.2) is 18.3 Å². The van der Waals surface area contributed by atoms with Crippen LogP contribution in [-0.2, 0) is 11.3 Å². The first kappa shape index (κ1) is 14.5. The van der Waals surface area contributed by atoms with Gasteiger partial charge in [-0.2, -0.15) is 0 Å². The lowest BCUT2D eigenvalue weighted by Gasteiger charge is -2.40. The van der Waals surface area contributed by atoms with Gasteiger partial charge in [0.1, 0.15) is 0 Å². The van der Waals surface area contributed by atoms with E-state index in [1.165, 1.54) is 18.3 Å². The Morgan fingerprint density at radius 3 is 2.75 bits per heavy atom. The highest BCUT2D eigenvalue weighted by Crippen LogP contribution is 2.42. The number of amides is 1. The van der Waals surface area contributed by atoms with Crippen molar-refractivity contribution in [2.24, 2.45) is 11.1 Å². The summed E-state index contributed by atoms with van der Waals surface area (Å²) >= 11 is 0. The Hall–Kier alpha value is -1.95. The first-order chi connectivity index (χ1) is 9.54. The van der Waals surface area contributed by atoms with Crippen LogP contribution < -0.4 is 11.1 Å². The lowest BCUT2D eigenvalue weighted by atomic mass is 9.66. The summed E-state index contributed by atoms with van der Waals surface area (Å²) in [4.78, 5) is 26.8. The fourth-order valence-corrected chi connectivity index (χ4v) is 2.43. The molecule has 1 aromatic rings. The largest absolute Gasteiger partial charge is 0.478 e. The molecule has 1 saturated carbocycles. The van der Waals surface area contributed by atoms with E-state index in [-0.39, 0.29) is 23.4 Å². The van der Waals surface area contributed by atoms with E-state index in [9.17, 15) is 9.59 Å². The minimum absolute atomic E-state index is 0.0274. The van der Waals surface area contributed by atoms with Gasteiger partial charge in [0, 0.05) is 12.6 Å². The molecule has 1 amide bonds. The zero-order valence-electron chi connectivity index (χ0n) is 11.3. The molecule has 0 aromatic carbocycles. The predicted molar refractivity (Wildman–Crippen MR) is 73.0 cm³/mol. The molecule has 0 spiro atoms. The first-order valence-electron chi connectivity index (χ1n) is 6.70. The third kappa shape index (κ3) is 3.33. The van der Waals surface area contributed by atoms with E-state index in [1.807, 2.05) is 0 Å². The van der Waals surface area contributed by atoms with Crippen molar-refractivity contribution in [1.29, 1.82) is 0 Å². The van der Waals surface area contributed by atoms with Gasteiger partial charge >= 0.3 is 5.97 Å². The number of nitrogens with zero attached hydrogens (tertiary/aromatic N) is 1. The van der Waals surface area contributed by atoms with Crippen LogP contribution in [0.25, 0.3) is 0 Å². The summed E-state index contributed by atoms with van der Waals surface area (Å²) in [6.07, 6.45) is 5.00.